The molecule has 2 N–H and O–H groups in total. The molecule has 21 heavy (non-hydrogen) atoms. The van der Waals surface area contributed by atoms with Crippen LogP contribution in [0.1, 0.15) is 28.0 Å². The molecule has 0 fully saturated rings. The van der Waals surface area contributed by atoms with E-state index in [1.807, 2.05) is 0 Å². The number of rotatable bonds is 6. The Balaban J connectivity index is 1.95. The zero-order valence-electron chi connectivity index (χ0n) is 11.2. The topological polar surface area (TPSA) is 71.5 Å². The van der Waals surface area contributed by atoms with Crippen molar-refractivity contribution in [1.29, 1.82) is 0 Å². The van der Waals surface area contributed by atoms with E-state index in [4.69, 9.17) is 5.11 Å². The Hall–Kier alpha value is -1.83. The number of aryl methyl sites for hydroxylation is 2. The lowest BCUT2D eigenvalue weighted by Crippen LogP contribution is -2.21. The van der Waals surface area contributed by atoms with Crippen molar-refractivity contribution in [2.24, 2.45) is 0 Å². The number of pyridine rings is 1. The van der Waals surface area contributed by atoms with Gasteiger partial charge in [-0.1, -0.05) is 0 Å². The number of carbonyl (C=O) groups is 1. The van der Waals surface area contributed by atoms with E-state index in [-0.39, 0.29) is 24.5 Å². The van der Waals surface area contributed by atoms with Crippen LogP contribution in [0.3, 0.4) is 0 Å². The van der Waals surface area contributed by atoms with E-state index in [1.165, 1.54) is 0 Å². The maximum Gasteiger partial charge on any atom is 0.411 e. The Morgan fingerprint density at radius 2 is 2.19 bits per heavy atom. The average molecular weight is 304 g/mol. The number of nitrogens with one attached hydrogen (secondary N) is 1. The molecule has 8 heteroatoms. The number of carboxylic acids is 1. The number of ether oxygens (including phenoxy) is 1. The van der Waals surface area contributed by atoms with Crippen molar-refractivity contribution in [1.82, 2.24) is 4.98 Å². The molecule has 0 aliphatic heterocycles. The zero-order valence-corrected chi connectivity index (χ0v) is 11.2. The van der Waals surface area contributed by atoms with E-state index >= 15 is 0 Å². The molecular weight excluding hydrogens is 289 g/mol. The number of fused-ring (bicyclic) bond motifs is 1. The van der Waals surface area contributed by atoms with Gasteiger partial charge in [-0.2, -0.15) is 13.2 Å². The third-order valence-corrected chi connectivity index (χ3v) is 3.09. The fraction of sp³-hybridized carbons (Fsp3) is 0.538. The second-order valence-corrected chi connectivity index (χ2v) is 4.74. The first-order chi connectivity index (χ1) is 9.87. The third-order valence-electron chi connectivity index (χ3n) is 3.09. The number of halogens is 3. The molecule has 116 valence electrons. The van der Waals surface area contributed by atoms with Crippen molar-refractivity contribution in [2.75, 3.05) is 25.1 Å². The van der Waals surface area contributed by atoms with E-state index in [1.54, 1.807) is 6.07 Å². The van der Waals surface area contributed by atoms with Crippen LogP contribution in [0.5, 0.6) is 0 Å². The number of hydrogen-bond donors (Lipinski definition) is 2. The van der Waals surface area contributed by atoms with Crippen LogP contribution in [0.4, 0.5) is 19.0 Å². The highest BCUT2D eigenvalue weighted by molar-refractivity contribution is 5.93. The Kier molecular flexibility index (Phi) is 4.66. The summed E-state index contributed by atoms with van der Waals surface area (Å²) in [7, 11) is 0. The number of hydrogen-bond acceptors (Lipinski definition) is 4. The molecule has 0 atom stereocenters. The van der Waals surface area contributed by atoms with E-state index in [0.29, 0.717) is 0 Å². The summed E-state index contributed by atoms with van der Waals surface area (Å²) in [5, 5.41) is 11.9. The molecule has 0 unspecified atom stereocenters. The first-order valence-electron chi connectivity index (χ1n) is 6.51. The molecular formula is C13H15F3N2O3. The predicted octanol–water partition coefficient (Wildman–Crippen LogP) is 2.26. The lowest BCUT2D eigenvalue weighted by Gasteiger charge is -2.12. The van der Waals surface area contributed by atoms with Gasteiger partial charge in [0.1, 0.15) is 18.0 Å². The predicted molar refractivity (Wildman–Crippen MR) is 68.6 cm³/mol. The summed E-state index contributed by atoms with van der Waals surface area (Å²) >= 11 is 0. The van der Waals surface area contributed by atoms with Crippen LogP contribution in [-0.2, 0) is 17.6 Å². The third kappa shape index (κ3) is 4.32. The number of aromatic carboxylic acids is 1. The lowest BCUT2D eigenvalue weighted by molar-refractivity contribution is -0.172. The molecule has 1 heterocycles. The van der Waals surface area contributed by atoms with Gasteiger partial charge in [0, 0.05) is 12.2 Å². The summed E-state index contributed by atoms with van der Waals surface area (Å²) in [6, 6.07) is 1.58. The summed E-state index contributed by atoms with van der Waals surface area (Å²) in [6.45, 7) is -1.45. The fourth-order valence-corrected chi connectivity index (χ4v) is 2.20. The largest absolute Gasteiger partial charge is 0.478 e. The highest BCUT2D eigenvalue weighted by atomic mass is 19.4. The molecule has 1 aliphatic rings. The van der Waals surface area contributed by atoms with Crippen LogP contribution < -0.4 is 5.32 Å². The Morgan fingerprint density at radius 3 is 2.86 bits per heavy atom. The normalized spacial score (nSPS) is 14.0. The first kappa shape index (κ1) is 15.6. The zero-order chi connectivity index (χ0) is 15.5. The molecule has 1 aromatic heterocycles. The average Bonchev–Trinajstić information content (AvgIpc) is 2.82. The molecule has 0 saturated carbocycles. The molecule has 0 spiro atoms. The highest BCUT2D eigenvalue weighted by Gasteiger charge is 2.27. The summed E-state index contributed by atoms with van der Waals surface area (Å²) in [6.07, 6.45) is -1.84. The monoisotopic (exact) mass is 304 g/mol. The van der Waals surface area contributed by atoms with Gasteiger partial charge in [-0.05, 0) is 30.9 Å². The van der Waals surface area contributed by atoms with Crippen molar-refractivity contribution in [3.63, 3.8) is 0 Å². The maximum atomic E-state index is 11.9. The summed E-state index contributed by atoms with van der Waals surface area (Å²) < 4.78 is 40.1. The van der Waals surface area contributed by atoms with Crippen molar-refractivity contribution >= 4 is 11.8 Å². The Bertz CT molecular complexity index is 532. The SMILES string of the molecule is O=C(O)c1cc2c(nc1NCCOCC(F)(F)F)CCC2. The highest BCUT2D eigenvalue weighted by Crippen LogP contribution is 2.25. The maximum absolute atomic E-state index is 11.9. The molecule has 1 aliphatic carbocycles. The molecule has 5 nitrogen and oxygen atoms in total. The van der Waals surface area contributed by atoms with Crippen LogP contribution >= 0.6 is 0 Å². The van der Waals surface area contributed by atoms with Gasteiger partial charge in [-0.25, -0.2) is 9.78 Å². The minimum Gasteiger partial charge on any atom is -0.478 e. The Labute approximate surface area is 119 Å². The number of aromatic nitrogens is 1. The molecule has 0 bridgehead atoms. The number of carboxylic acid groups (broad SMARTS) is 1. The van der Waals surface area contributed by atoms with E-state index in [9.17, 15) is 18.0 Å². The molecule has 1 aromatic rings. The number of alkyl halides is 3. The van der Waals surface area contributed by atoms with Gasteiger partial charge >= 0.3 is 12.1 Å². The molecule has 2 rings (SSSR count). The van der Waals surface area contributed by atoms with Gasteiger partial charge < -0.3 is 15.2 Å². The lowest BCUT2D eigenvalue weighted by atomic mass is 10.1. The van der Waals surface area contributed by atoms with Gasteiger partial charge in [-0.15, -0.1) is 0 Å². The summed E-state index contributed by atoms with van der Waals surface area (Å²) in [5.41, 5.74) is 1.80. The van der Waals surface area contributed by atoms with Crippen LogP contribution in [0, 0.1) is 0 Å². The van der Waals surface area contributed by atoms with Crippen molar-refractivity contribution in [2.45, 2.75) is 25.4 Å². The van der Waals surface area contributed by atoms with Crippen LogP contribution in [0.2, 0.25) is 0 Å². The number of nitrogens with zero attached hydrogens (tertiary/aromatic N) is 1. The van der Waals surface area contributed by atoms with Crippen LogP contribution in [-0.4, -0.2) is 42.0 Å². The van der Waals surface area contributed by atoms with Crippen LogP contribution in [0.25, 0.3) is 0 Å². The number of anilines is 1. The van der Waals surface area contributed by atoms with Crippen molar-refractivity contribution < 1.29 is 27.8 Å². The van der Waals surface area contributed by atoms with Gasteiger partial charge in [0.15, 0.2) is 0 Å². The molecule has 0 aromatic carbocycles. The van der Waals surface area contributed by atoms with E-state index in [0.717, 1.165) is 30.5 Å². The van der Waals surface area contributed by atoms with Gasteiger partial charge in [0.05, 0.1) is 6.61 Å². The molecule has 0 saturated heterocycles. The fourth-order valence-electron chi connectivity index (χ4n) is 2.20. The summed E-state index contributed by atoms with van der Waals surface area (Å²) in [4.78, 5) is 15.4. The second-order valence-electron chi connectivity index (χ2n) is 4.74. The van der Waals surface area contributed by atoms with E-state index < -0.39 is 18.8 Å². The van der Waals surface area contributed by atoms with Crippen molar-refractivity contribution in [3.8, 4) is 0 Å². The second kappa shape index (κ2) is 6.30. The van der Waals surface area contributed by atoms with Crippen molar-refractivity contribution in [3.05, 3.63) is 22.9 Å². The quantitative estimate of drug-likeness (QED) is 0.789. The van der Waals surface area contributed by atoms with Gasteiger partial charge in [-0.3, -0.25) is 0 Å². The summed E-state index contributed by atoms with van der Waals surface area (Å²) in [5.74, 6) is -0.935. The minimum atomic E-state index is -4.36. The molecule has 0 radical (unpaired) electrons. The van der Waals surface area contributed by atoms with Gasteiger partial charge in [0.25, 0.3) is 0 Å². The molecule has 0 amide bonds. The standard InChI is InChI=1S/C13H15F3N2O3/c14-13(15,16)7-21-5-4-17-11-9(12(19)20)6-8-2-1-3-10(8)18-11/h6H,1-5,7H2,(H,17,18)(H,19,20). The van der Waals surface area contributed by atoms with Crippen LogP contribution in [0.15, 0.2) is 6.07 Å². The van der Waals surface area contributed by atoms with Gasteiger partial charge in [0.2, 0.25) is 0 Å². The van der Waals surface area contributed by atoms with E-state index in [2.05, 4.69) is 15.0 Å². The minimum absolute atomic E-state index is 0.0338. The Morgan fingerprint density at radius 1 is 1.43 bits per heavy atom. The smallest absolute Gasteiger partial charge is 0.411 e. The first-order valence-corrected chi connectivity index (χ1v) is 6.51.